The lowest BCUT2D eigenvalue weighted by molar-refractivity contribution is 0.274. The van der Waals surface area contributed by atoms with Gasteiger partial charge in [-0.25, -0.2) is 0 Å². The quantitative estimate of drug-likeness (QED) is 0.791. The van der Waals surface area contributed by atoms with Crippen LogP contribution in [-0.2, 0) is 0 Å². The molecule has 0 bridgehead atoms. The van der Waals surface area contributed by atoms with E-state index >= 15 is 0 Å². The number of thioether (sulfide) groups is 1. The van der Waals surface area contributed by atoms with E-state index in [0.29, 0.717) is 0 Å². The Kier molecular flexibility index (Phi) is 4.83. The molecule has 0 amide bonds. The lowest BCUT2D eigenvalue weighted by Gasteiger charge is -2.29. The molecule has 1 aliphatic heterocycles. The van der Waals surface area contributed by atoms with Gasteiger partial charge in [0, 0.05) is 6.04 Å². The Balaban J connectivity index is 1.64. The van der Waals surface area contributed by atoms with E-state index in [2.05, 4.69) is 24.0 Å². The van der Waals surface area contributed by atoms with Crippen molar-refractivity contribution in [2.24, 2.45) is 11.8 Å². The van der Waals surface area contributed by atoms with Crippen LogP contribution >= 0.6 is 11.8 Å². The lowest BCUT2D eigenvalue weighted by atomic mass is 9.84. The summed E-state index contributed by atoms with van der Waals surface area (Å²) in [5.41, 5.74) is 0. The molecule has 0 aromatic rings. The smallest absolute Gasteiger partial charge is 0.00671 e. The Hall–Kier alpha value is 0.310. The average Bonchev–Trinajstić information content (AvgIpc) is 2.80. The first-order valence-electron chi connectivity index (χ1n) is 6.67. The summed E-state index contributed by atoms with van der Waals surface area (Å²) in [6.45, 7) is 3.67. The largest absolute Gasteiger partial charge is 0.314 e. The minimum Gasteiger partial charge on any atom is -0.314 e. The molecule has 1 saturated carbocycles. The molecule has 2 atom stereocenters. The number of rotatable bonds is 4. The van der Waals surface area contributed by atoms with Crippen LogP contribution in [0.25, 0.3) is 0 Å². The van der Waals surface area contributed by atoms with Gasteiger partial charge in [-0.2, -0.15) is 11.8 Å². The number of nitrogens with one attached hydrogen (secondary N) is 1. The second-order valence-corrected chi connectivity index (χ2v) is 6.47. The van der Waals surface area contributed by atoms with Crippen molar-refractivity contribution in [2.75, 3.05) is 18.1 Å². The Labute approximate surface area is 98.8 Å². The van der Waals surface area contributed by atoms with Crippen molar-refractivity contribution in [3.05, 3.63) is 0 Å². The van der Waals surface area contributed by atoms with Gasteiger partial charge >= 0.3 is 0 Å². The maximum atomic E-state index is 3.78. The van der Waals surface area contributed by atoms with Gasteiger partial charge in [-0.15, -0.1) is 0 Å². The van der Waals surface area contributed by atoms with Crippen LogP contribution in [0.3, 0.4) is 0 Å². The molecule has 1 N–H and O–H groups in total. The summed E-state index contributed by atoms with van der Waals surface area (Å²) in [7, 11) is 0. The van der Waals surface area contributed by atoms with Gasteiger partial charge in [-0.1, -0.05) is 19.3 Å². The maximum Gasteiger partial charge on any atom is 0.00671 e. The van der Waals surface area contributed by atoms with Gasteiger partial charge in [0.05, 0.1) is 0 Å². The standard InChI is InChI=1S/C13H25NS/c1-11(13-5-3-2-4-6-13)14-9-12-7-8-15-10-12/h11-14H,2-10H2,1H3/t11-,12?/m0/s1. The highest BCUT2D eigenvalue weighted by Gasteiger charge is 2.21. The van der Waals surface area contributed by atoms with Gasteiger partial charge in [0.1, 0.15) is 0 Å². The predicted octanol–water partition coefficient (Wildman–Crippen LogP) is 3.30. The predicted molar refractivity (Wildman–Crippen MR) is 69.5 cm³/mol. The first-order valence-corrected chi connectivity index (χ1v) is 7.83. The zero-order chi connectivity index (χ0) is 10.5. The van der Waals surface area contributed by atoms with Crippen molar-refractivity contribution in [1.82, 2.24) is 5.32 Å². The average molecular weight is 227 g/mol. The van der Waals surface area contributed by atoms with Crippen LogP contribution < -0.4 is 5.32 Å². The summed E-state index contributed by atoms with van der Waals surface area (Å²) in [6, 6.07) is 0.760. The van der Waals surface area contributed by atoms with Crippen LogP contribution in [0.5, 0.6) is 0 Å². The summed E-state index contributed by atoms with van der Waals surface area (Å²) < 4.78 is 0. The highest BCUT2D eigenvalue weighted by atomic mass is 32.2. The summed E-state index contributed by atoms with van der Waals surface area (Å²) in [6.07, 6.45) is 8.78. The maximum absolute atomic E-state index is 3.78. The molecule has 1 unspecified atom stereocenters. The van der Waals surface area contributed by atoms with Crippen molar-refractivity contribution >= 4 is 11.8 Å². The van der Waals surface area contributed by atoms with Gasteiger partial charge < -0.3 is 5.32 Å². The van der Waals surface area contributed by atoms with Crippen molar-refractivity contribution < 1.29 is 0 Å². The second kappa shape index (κ2) is 6.15. The zero-order valence-electron chi connectivity index (χ0n) is 10.0. The Morgan fingerprint density at radius 3 is 2.67 bits per heavy atom. The second-order valence-electron chi connectivity index (χ2n) is 5.32. The fourth-order valence-corrected chi connectivity index (χ4v) is 4.18. The van der Waals surface area contributed by atoms with Gasteiger partial charge in [0.15, 0.2) is 0 Å². The summed E-state index contributed by atoms with van der Waals surface area (Å²) >= 11 is 2.13. The Morgan fingerprint density at radius 1 is 1.20 bits per heavy atom. The fraction of sp³-hybridized carbons (Fsp3) is 1.00. The van der Waals surface area contributed by atoms with E-state index in [1.807, 2.05) is 0 Å². The van der Waals surface area contributed by atoms with E-state index in [-0.39, 0.29) is 0 Å². The third-order valence-electron chi connectivity index (χ3n) is 4.11. The number of hydrogen-bond donors (Lipinski definition) is 1. The normalized spacial score (nSPS) is 30.6. The van der Waals surface area contributed by atoms with Gasteiger partial charge in [0.25, 0.3) is 0 Å². The highest BCUT2D eigenvalue weighted by Crippen LogP contribution is 2.27. The van der Waals surface area contributed by atoms with Crippen LogP contribution in [0.1, 0.15) is 45.4 Å². The van der Waals surface area contributed by atoms with Crippen molar-refractivity contribution in [3.63, 3.8) is 0 Å². The summed E-state index contributed by atoms with van der Waals surface area (Å²) in [4.78, 5) is 0. The van der Waals surface area contributed by atoms with Crippen molar-refractivity contribution in [2.45, 2.75) is 51.5 Å². The zero-order valence-corrected chi connectivity index (χ0v) is 10.8. The molecule has 15 heavy (non-hydrogen) atoms. The molecular formula is C13H25NS. The monoisotopic (exact) mass is 227 g/mol. The van der Waals surface area contributed by atoms with Crippen molar-refractivity contribution in [3.8, 4) is 0 Å². The van der Waals surface area contributed by atoms with E-state index in [1.54, 1.807) is 0 Å². The molecular weight excluding hydrogens is 202 g/mol. The SMILES string of the molecule is C[C@H](NCC1CCSC1)C1CCCCC1. The lowest BCUT2D eigenvalue weighted by Crippen LogP contribution is -2.37. The van der Waals surface area contributed by atoms with E-state index in [4.69, 9.17) is 0 Å². The van der Waals surface area contributed by atoms with Crippen LogP contribution in [0.15, 0.2) is 0 Å². The van der Waals surface area contributed by atoms with E-state index in [0.717, 1.165) is 17.9 Å². The summed E-state index contributed by atoms with van der Waals surface area (Å²) in [5, 5.41) is 3.78. The van der Waals surface area contributed by atoms with Crippen molar-refractivity contribution in [1.29, 1.82) is 0 Å². The molecule has 2 fully saturated rings. The van der Waals surface area contributed by atoms with Gasteiger partial charge in [-0.3, -0.25) is 0 Å². The molecule has 1 nitrogen and oxygen atoms in total. The van der Waals surface area contributed by atoms with Crippen LogP contribution in [0, 0.1) is 11.8 Å². The minimum atomic E-state index is 0.760. The van der Waals surface area contributed by atoms with Gasteiger partial charge in [0.2, 0.25) is 0 Å². The molecule has 0 spiro atoms. The first kappa shape index (κ1) is 11.8. The molecule has 2 aliphatic rings. The summed E-state index contributed by atoms with van der Waals surface area (Å²) in [5.74, 6) is 4.71. The Morgan fingerprint density at radius 2 is 2.00 bits per heavy atom. The van der Waals surface area contributed by atoms with Crippen LogP contribution in [0.2, 0.25) is 0 Å². The molecule has 2 rings (SSSR count). The first-order chi connectivity index (χ1) is 7.36. The number of hydrogen-bond acceptors (Lipinski definition) is 2. The van der Waals surface area contributed by atoms with Crippen LogP contribution in [-0.4, -0.2) is 24.1 Å². The topological polar surface area (TPSA) is 12.0 Å². The molecule has 2 heteroatoms. The molecule has 1 heterocycles. The third kappa shape index (κ3) is 3.67. The van der Waals surface area contributed by atoms with E-state index in [9.17, 15) is 0 Å². The molecule has 0 radical (unpaired) electrons. The molecule has 1 aliphatic carbocycles. The molecule has 0 aromatic heterocycles. The van der Waals surface area contributed by atoms with Crippen LogP contribution in [0.4, 0.5) is 0 Å². The Bertz CT molecular complexity index is 171. The van der Waals surface area contributed by atoms with E-state index in [1.165, 1.54) is 56.6 Å². The fourth-order valence-electron chi connectivity index (χ4n) is 2.90. The van der Waals surface area contributed by atoms with Gasteiger partial charge in [-0.05, 0) is 56.1 Å². The highest BCUT2D eigenvalue weighted by molar-refractivity contribution is 7.99. The molecule has 88 valence electrons. The minimum absolute atomic E-state index is 0.760. The van der Waals surface area contributed by atoms with E-state index < -0.39 is 0 Å². The third-order valence-corrected chi connectivity index (χ3v) is 5.34. The molecule has 1 saturated heterocycles. The molecule has 0 aromatic carbocycles.